The Hall–Kier alpha value is -2.98. The number of nitrogens with two attached hydrogens (primary N) is 2. The van der Waals surface area contributed by atoms with Crippen molar-refractivity contribution in [3.05, 3.63) is 35.9 Å². The van der Waals surface area contributed by atoms with Crippen molar-refractivity contribution in [2.75, 3.05) is 13.7 Å². The monoisotopic (exact) mass is 438 g/mol. The molecule has 10 heteroatoms. The highest BCUT2D eigenvalue weighted by Crippen LogP contribution is 2.08. The van der Waals surface area contributed by atoms with Crippen LogP contribution in [0.5, 0.6) is 0 Å². The third-order valence-corrected chi connectivity index (χ3v) is 4.01. The van der Waals surface area contributed by atoms with Crippen LogP contribution in [0.25, 0.3) is 0 Å². The van der Waals surface area contributed by atoms with Crippen LogP contribution < -0.4 is 22.1 Å². The lowest BCUT2D eigenvalue weighted by Crippen LogP contribution is -2.49. The number of carbonyl (C=O) groups is 4. The fraction of sp³-hybridized carbons (Fsp3) is 0.524. The Labute approximate surface area is 182 Å². The van der Waals surface area contributed by atoms with E-state index in [1.807, 2.05) is 44.2 Å². The first-order valence-electron chi connectivity index (χ1n) is 9.95. The van der Waals surface area contributed by atoms with Gasteiger partial charge >= 0.3 is 5.97 Å². The number of nitrogens with one attached hydrogen (secondary N) is 2. The molecule has 0 aliphatic heterocycles. The van der Waals surface area contributed by atoms with Gasteiger partial charge in [0.15, 0.2) is 0 Å². The van der Waals surface area contributed by atoms with E-state index in [9.17, 15) is 19.2 Å². The van der Waals surface area contributed by atoms with Crippen molar-refractivity contribution >= 4 is 23.7 Å². The van der Waals surface area contributed by atoms with E-state index in [0.29, 0.717) is 6.42 Å². The molecule has 0 aliphatic rings. The molecular weight excluding hydrogens is 404 g/mol. The van der Waals surface area contributed by atoms with Gasteiger partial charge in [0.25, 0.3) is 0 Å². The number of benzene rings is 1. The molecule has 0 aliphatic carbocycles. The van der Waals surface area contributed by atoms with Crippen LogP contribution in [0.1, 0.15) is 38.7 Å². The van der Waals surface area contributed by atoms with E-state index in [1.165, 1.54) is 0 Å². The Bertz CT molecular complexity index is 696. The number of hydrogen-bond acceptors (Lipinski definition) is 7. The molecule has 10 nitrogen and oxygen atoms in total. The summed E-state index contributed by atoms with van der Waals surface area (Å²) in [5.74, 6) is -2.07. The lowest BCUT2D eigenvalue weighted by molar-refractivity contribution is -0.149. The lowest BCUT2D eigenvalue weighted by Gasteiger charge is -2.20. The number of esters is 1. The van der Waals surface area contributed by atoms with Gasteiger partial charge in [-0.3, -0.25) is 14.4 Å². The van der Waals surface area contributed by atoms with Crippen LogP contribution in [-0.4, -0.2) is 54.5 Å². The van der Waals surface area contributed by atoms with Gasteiger partial charge in [-0.2, -0.15) is 0 Å². The highest BCUT2D eigenvalue weighted by Gasteiger charge is 2.24. The molecular formula is C21H34N4O6. The molecule has 0 saturated heterocycles. The van der Waals surface area contributed by atoms with Gasteiger partial charge in [0.05, 0.1) is 12.6 Å². The van der Waals surface area contributed by atoms with Gasteiger partial charge in [-0.15, -0.1) is 0 Å². The second-order valence-electron chi connectivity index (χ2n) is 7.17. The van der Waals surface area contributed by atoms with Crippen molar-refractivity contribution in [3.63, 3.8) is 0 Å². The van der Waals surface area contributed by atoms with Gasteiger partial charge in [-0.1, -0.05) is 44.2 Å². The fourth-order valence-corrected chi connectivity index (χ4v) is 2.49. The summed E-state index contributed by atoms with van der Waals surface area (Å²) in [6.45, 7) is 3.60. The molecule has 0 spiro atoms. The van der Waals surface area contributed by atoms with E-state index in [0.717, 1.165) is 12.7 Å². The van der Waals surface area contributed by atoms with Gasteiger partial charge in [0.1, 0.15) is 12.6 Å². The quantitative estimate of drug-likeness (QED) is 0.275. The molecule has 7 N–H and O–H groups in total. The van der Waals surface area contributed by atoms with Crippen molar-refractivity contribution in [2.45, 2.75) is 51.8 Å². The zero-order valence-electron chi connectivity index (χ0n) is 18.3. The fourth-order valence-electron chi connectivity index (χ4n) is 2.49. The molecule has 0 bridgehead atoms. The first-order valence-corrected chi connectivity index (χ1v) is 9.95. The SMILES string of the molecule is CC(C)C[C@H](NC(=O)CNC(=O)C(N)CCC(N)=O)C(=O)OCc1ccccc1.CO. The topological polar surface area (TPSA) is 174 Å². The highest BCUT2D eigenvalue weighted by molar-refractivity contribution is 5.90. The first kappa shape index (κ1) is 28.0. The predicted octanol–water partition coefficient (Wildman–Crippen LogP) is -0.422. The number of aliphatic hydroxyl groups excluding tert-OH is 1. The molecule has 31 heavy (non-hydrogen) atoms. The number of aliphatic hydroxyl groups is 1. The Morgan fingerprint density at radius 1 is 1.10 bits per heavy atom. The summed E-state index contributed by atoms with van der Waals surface area (Å²) in [4.78, 5) is 47.1. The molecule has 0 heterocycles. The standard InChI is InChI=1S/C20H30N4O5.CH4O/c1-13(2)10-16(20(28)29-12-14-6-4-3-5-7-14)24-18(26)11-23-19(27)15(21)8-9-17(22)25;1-2/h3-7,13,15-16H,8-12,21H2,1-2H3,(H2,22,25)(H,23,27)(H,24,26);2H,1H3/t15?,16-;/m0./s1. The largest absolute Gasteiger partial charge is 0.459 e. The van der Waals surface area contributed by atoms with Crippen molar-refractivity contribution in [3.8, 4) is 0 Å². The molecule has 3 amide bonds. The minimum Gasteiger partial charge on any atom is -0.459 e. The molecule has 0 saturated carbocycles. The van der Waals surface area contributed by atoms with E-state index in [4.69, 9.17) is 21.3 Å². The summed E-state index contributed by atoms with van der Waals surface area (Å²) >= 11 is 0. The maximum Gasteiger partial charge on any atom is 0.328 e. The second-order valence-corrected chi connectivity index (χ2v) is 7.17. The number of rotatable bonds is 12. The number of primary amides is 1. The summed E-state index contributed by atoms with van der Waals surface area (Å²) in [7, 11) is 1.00. The number of hydrogen-bond donors (Lipinski definition) is 5. The summed E-state index contributed by atoms with van der Waals surface area (Å²) in [5.41, 5.74) is 11.5. The molecule has 0 radical (unpaired) electrons. The van der Waals surface area contributed by atoms with E-state index in [-0.39, 0.29) is 31.9 Å². The Morgan fingerprint density at radius 3 is 2.26 bits per heavy atom. The van der Waals surface area contributed by atoms with Crippen LogP contribution in [0.15, 0.2) is 30.3 Å². The maximum absolute atomic E-state index is 12.4. The van der Waals surface area contributed by atoms with Gasteiger partial charge in [0.2, 0.25) is 17.7 Å². The minimum absolute atomic E-state index is 0.0233. The van der Waals surface area contributed by atoms with E-state index in [2.05, 4.69) is 10.6 Å². The van der Waals surface area contributed by atoms with Gasteiger partial charge < -0.3 is 31.9 Å². The van der Waals surface area contributed by atoms with Crippen molar-refractivity contribution in [1.29, 1.82) is 0 Å². The zero-order chi connectivity index (χ0) is 23.8. The smallest absolute Gasteiger partial charge is 0.328 e. The van der Waals surface area contributed by atoms with Crippen LogP contribution in [0, 0.1) is 5.92 Å². The van der Waals surface area contributed by atoms with Crippen LogP contribution in [0.2, 0.25) is 0 Å². The molecule has 1 aromatic rings. The summed E-state index contributed by atoms with van der Waals surface area (Å²) in [5, 5.41) is 12.0. The normalized spacial score (nSPS) is 12.1. The maximum atomic E-state index is 12.4. The highest BCUT2D eigenvalue weighted by atomic mass is 16.5. The van der Waals surface area contributed by atoms with E-state index in [1.54, 1.807) is 0 Å². The molecule has 1 unspecified atom stereocenters. The third-order valence-electron chi connectivity index (χ3n) is 4.01. The lowest BCUT2D eigenvalue weighted by atomic mass is 10.0. The minimum atomic E-state index is -0.947. The molecule has 1 aromatic carbocycles. The Kier molecular flexibility index (Phi) is 14.3. The number of amides is 3. The van der Waals surface area contributed by atoms with Crippen LogP contribution in [-0.2, 0) is 30.5 Å². The summed E-state index contributed by atoms with van der Waals surface area (Å²) in [6, 6.07) is 7.44. The average molecular weight is 439 g/mol. The zero-order valence-corrected chi connectivity index (χ0v) is 18.3. The second kappa shape index (κ2) is 15.8. The van der Waals surface area contributed by atoms with Crippen molar-refractivity contribution < 1.29 is 29.0 Å². The van der Waals surface area contributed by atoms with Crippen molar-refractivity contribution in [2.24, 2.45) is 17.4 Å². The number of ether oxygens (including phenoxy) is 1. The predicted molar refractivity (Wildman–Crippen MR) is 115 cm³/mol. The van der Waals surface area contributed by atoms with Crippen LogP contribution in [0.4, 0.5) is 0 Å². The van der Waals surface area contributed by atoms with Crippen molar-refractivity contribution in [1.82, 2.24) is 10.6 Å². The molecule has 0 aromatic heterocycles. The molecule has 174 valence electrons. The van der Waals surface area contributed by atoms with Crippen LogP contribution >= 0.6 is 0 Å². The first-order chi connectivity index (χ1) is 14.7. The van der Waals surface area contributed by atoms with Gasteiger partial charge in [-0.25, -0.2) is 4.79 Å². The third kappa shape index (κ3) is 13.0. The summed E-state index contributed by atoms with van der Waals surface area (Å²) < 4.78 is 5.31. The van der Waals surface area contributed by atoms with E-state index < -0.39 is 35.8 Å². The summed E-state index contributed by atoms with van der Waals surface area (Å²) in [6.07, 6.45) is 0.459. The van der Waals surface area contributed by atoms with Crippen LogP contribution in [0.3, 0.4) is 0 Å². The van der Waals surface area contributed by atoms with Gasteiger partial charge in [-0.05, 0) is 24.3 Å². The average Bonchev–Trinajstić information content (AvgIpc) is 2.75. The Morgan fingerprint density at radius 2 is 1.71 bits per heavy atom. The number of carbonyl (C=O) groups excluding carboxylic acids is 4. The molecule has 2 atom stereocenters. The molecule has 1 rings (SSSR count). The van der Waals surface area contributed by atoms with E-state index >= 15 is 0 Å². The molecule has 0 fully saturated rings. The Balaban J connectivity index is 0.00000436. The van der Waals surface area contributed by atoms with Gasteiger partial charge in [0, 0.05) is 13.5 Å².